The summed E-state index contributed by atoms with van der Waals surface area (Å²) < 4.78 is 4.96. The number of thioether (sulfide) groups is 1. The normalized spacial score (nSPS) is 14.3. The average Bonchev–Trinajstić information content (AvgIpc) is 2.83. The second-order valence-corrected chi connectivity index (χ2v) is 5.46. The van der Waals surface area contributed by atoms with Gasteiger partial charge in [-0.3, -0.25) is 4.79 Å². The number of carbonyl (C=O) groups is 1. The van der Waals surface area contributed by atoms with E-state index in [0.29, 0.717) is 23.6 Å². The molecule has 0 spiro atoms. The molecule has 1 aliphatic heterocycles. The third kappa shape index (κ3) is 2.08. The summed E-state index contributed by atoms with van der Waals surface area (Å²) in [5.41, 5.74) is 7.83. The molecule has 0 atom stereocenters. The number of nitrogens with zero attached hydrogens (tertiary/aromatic N) is 2. The highest BCUT2D eigenvalue weighted by Gasteiger charge is 2.26. The maximum atomic E-state index is 12.5. The van der Waals surface area contributed by atoms with Crippen molar-refractivity contribution in [3.05, 3.63) is 35.7 Å². The van der Waals surface area contributed by atoms with Gasteiger partial charge in [0.1, 0.15) is 11.3 Å². The summed E-state index contributed by atoms with van der Waals surface area (Å²) in [6, 6.07) is 5.64. The van der Waals surface area contributed by atoms with Gasteiger partial charge in [-0.1, -0.05) is 5.16 Å². The summed E-state index contributed by atoms with van der Waals surface area (Å²) in [5, 5.41) is 3.66. The first-order valence-corrected chi connectivity index (χ1v) is 6.91. The first-order chi connectivity index (χ1) is 9.16. The molecule has 2 aromatic rings. The van der Waals surface area contributed by atoms with Gasteiger partial charge < -0.3 is 15.2 Å². The first-order valence-electron chi connectivity index (χ1n) is 5.92. The van der Waals surface area contributed by atoms with Crippen molar-refractivity contribution in [1.29, 1.82) is 0 Å². The van der Waals surface area contributed by atoms with E-state index in [-0.39, 0.29) is 5.91 Å². The molecule has 1 amide bonds. The minimum atomic E-state index is -0.0918. The minimum Gasteiger partial charge on any atom is -0.399 e. The lowest BCUT2D eigenvalue weighted by atomic mass is 10.2. The Morgan fingerprint density at radius 3 is 3.11 bits per heavy atom. The molecule has 1 aromatic carbocycles. The largest absolute Gasteiger partial charge is 0.399 e. The Balaban J connectivity index is 2.02. The van der Waals surface area contributed by atoms with E-state index >= 15 is 0 Å². The van der Waals surface area contributed by atoms with Crippen molar-refractivity contribution in [3.63, 3.8) is 0 Å². The molecule has 1 aliphatic rings. The molecule has 0 radical (unpaired) electrons. The quantitative estimate of drug-likeness (QED) is 0.809. The van der Waals surface area contributed by atoms with E-state index in [0.717, 1.165) is 16.3 Å². The van der Waals surface area contributed by atoms with Crippen LogP contribution in [0.3, 0.4) is 0 Å². The second-order valence-electron chi connectivity index (χ2n) is 4.33. The number of aryl methyl sites for hydroxylation is 1. The fourth-order valence-corrected chi connectivity index (χ4v) is 3.07. The van der Waals surface area contributed by atoms with Gasteiger partial charge in [-0.05, 0) is 25.1 Å². The summed E-state index contributed by atoms with van der Waals surface area (Å²) in [5.74, 6) is 1.31. The third-order valence-electron chi connectivity index (χ3n) is 3.07. The van der Waals surface area contributed by atoms with Crippen LogP contribution < -0.4 is 10.6 Å². The number of hydrogen-bond acceptors (Lipinski definition) is 5. The van der Waals surface area contributed by atoms with Gasteiger partial charge in [0.15, 0.2) is 0 Å². The Labute approximate surface area is 114 Å². The van der Waals surface area contributed by atoms with E-state index in [1.165, 1.54) is 6.20 Å². The van der Waals surface area contributed by atoms with Crippen molar-refractivity contribution < 1.29 is 9.32 Å². The predicted octanol–water partition coefficient (Wildman–Crippen LogP) is 2.32. The van der Waals surface area contributed by atoms with Crippen molar-refractivity contribution in [3.8, 4) is 0 Å². The van der Waals surface area contributed by atoms with Gasteiger partial charge in [-0.25, -0.2) is 0 Å². The molecule has 2 heterocycles. The van der Waals surface area contributed by atoms with Crippen molar-refractivity contribution in [2.45, 2.75) is 11.8 Å². The molecule has 5 nitrogen and oxygen atoms in total. The van der Waals surface area contributed by atoms with E-state index in [1.54, 1.807) is 23.6 Å². The molecule has 6 heteroatoms. The van der Waals surface area contributed by atoms with Gasteiger partial charge in [-0.15, -0.1) is 11.8 Å². The molecular formula is C13H13N3O2S. The van der Waals surface area contributed by atoms with Gasteiger partial charge in [0.05, 0.1) is 11.9 Å². The van der Waals surface area contributed by atoms with Crippen molar-refractivity contribution in [2.75, 3.05) is 22.9 Å². The van der Waals surface area contributed by atoms with Crippen LogP contribution in [0.4, 0.5) is 11.4 Å². The SMILES string of the molecule is Cc1oncc1C(=O)N1CCSc2ccc(N)cc21. The van der Waals surface area contributed by atoms with Crippen LogP contribution in [-0.4, -0.2) is 23.4 Å². The Hall–Kier alpha value is -1.95. The van der Waals surface area contributed by atoms with Crippen LogP contribution in [0.5, 0.6) is 0 Å². The number of fused-ring (bicyclic) bond motifs is 1. The Kier molecular flexibility index (Phi) is 2.94. The van der Waals surface area contributed by atoms with E-state index in [1.807, 2.05) is 18.2 Å². The number of anilines is 2. The predicted molar refractivity (Wildman–Crippen MR) is 74.5 cm³/mol. The van der Waals surface area contributed by atoms with Crippen LogP contribution in [0.25, 0.3) is 0 Å². The monoisotopic (exact) mass is 275 g/mol. The molecule has 0 saturated carbocycles. The Morgan fingerprint density at radius 2 is 2.37 bits per heavy atom. The maximum absolute atomic E-state index is 12.5. The third-order valence-corrected chi connectivity index (χ3v) is 4.12. The number of aromatic nitrogens is 1. The molecule has 19 heavy (non-hydrogen) atoms. The smallest absolute Gasteiger partial charge is 0.263 e. The average molecular weight is 275 g/mol. The lowest BCUT2D eigenvalue weighted by Gasteiger charge is -2.29. The second kappa shape index (κ2) is 4.62. The lowest BCUT2D eigenvalue weighted by Crippen LogP contribution is -2.35. The Morgan fingerprint density at radius 1 is 1.53 bits per heavy atom. The van der Waals surface area contributed by atoms with Crippen LogP contribution >= 0.6 is 11.8 Å². The first kappa shape index (κ1) is 12.1. The zero-order valence-electron chi connectivity index (χ0n) is 10.4. The number of benzene rings is 1. The standard InChI is InChI=1S/C13H13N3O2S/c1-8-10(7-15-18-8)13(17)16-4-5-19-12-3-2-9(14)6-11(12)16/h2-3,6-7H,4-5,14H2,1H3. The number of nitrogens with two attached hydrogens (primary N) is 1. The summed E-state index contributed by atoms with van der Waals surface area (Å²) in [6.45, 7) is 2.39. The number of nitrogen functional groups attached to an aromatic ring is 1. The van der Waals surface area contributed by atoms with Crippen molar-refractivity contribution >= 4 is 29.0 Å². The number of rotatable bonds is 1. The van der Waals surface area contributed by atoms with Crippen molar-refractivity contribution in [2.24, 2.45) is 0 Å². The highest BCUT2D eigenvalue weighted by atomic mass is 32.2. The van der Waals surface area contributed by atoms with Gasteiger partial charge in [0.2, 0.25) is 0 Å². The van der Waals surface area contributed by atoms with Gasteiger partial charge in [0.25, 0.3) is 5.91 Å². The number of hydrogen-bond donors (Lipinski definition) is 1. The van der Waals surface area contributed by atoms with E-state index in [9.17, 15) is 4.79 Å². The molecule has 0 aliphatic carbocycles. The van der Waals surface area contributed by atoms with Crippen LogP contribution in [0.15, 0.2) is 33.8 Å². The van der Waals surface area contributed by atoms with Crippen LogP contribution in [0.1, 0.15) is 16.1 Å². The fourth-order valence-electron chi connectivity index (χ4n) is 2.10. The van der Waals surface area contributed by atoms with Crippen LogP contribution in [-0.2, 0) is 0 Å². The number of carbonyl (C=O) groups excluding carboxylic acids is 1. The van der Waals surface area contributed by atoms with Gasteiger partial charge >= 0.3 is 0 Å². The van der Waals surface area contributed by atoms with E-state index in [2.05, 4.69) is 5.16 Å². The summed E-state index contributed by atoms with van der Waals surface area (Å²) in [7, 11) is 0. The molecule has 0 unspecified atom stereocenters. The summed E-state index contributed by atoms with van der Waals surface area (Å²) in [6.07, 6.45) is 1.46. The molecule has 1 aromatic heterocycles. The summed E-state index contributed by atoms with van der Waals surface area (Å²) >= 11 is 1.73. The zero-order chi connectivity index (χ0) is 13.4. The summed E-state index contributed by atoms with van der Waals surface area (Å²) in [4.78, 5) is 15.3. The molecule has 0 fully saturated rings. The zero-order valence-corrected chi connectivity index (χ0v) is 11.2. The maximum Gasteiger partial charge on any atom is 0.263 e. The lowest BCUT2D eigenvalue weighted by molar-refractivity contribution is 0.0986. The number of amides is 1. The Bertz CT molecular complexity index is 639. The minimum absolute atomic E-state index is 0.0918. The molecule has 2 N–H and O–H groups in total. The van der Waals surface area contributed by atoms with Crippen molar-refractivity contribution in [1.82, 2.24) is 5.16 Å². The van der Waals surface area contributed by atoms with Gasteiger partial charge in [-0.2, -0.15) is 0 Å². The topological polar surface area (TPSA) is 72.4 Å². The van der Waals surface area contributed by atoms with E-state index in [4.69, 9.17) is 10.3 Å². The van der Waals surface area contributed by atoms with Gasteiger partial charge in [0, 0.05) is 22.9 Å². The molecule has 3 rings (SSSR count). The van der Waals surface area contributed by atoms with Crippen LogP contribution in [0, 0.1) is 6.92 Å². The molecule has 0 saturated heterocycles. The highest BCUT2D eigenvalue weighted by molar-refractivity contribution is 7.99. The highest BCUT2D eigenvalue weighted by Crippen LogP contribution is 2.36. The molecular weight excluding hydrogens is 262 g/mol. The van der Waals surface area contributed by atoms with Crippen LogP contribution in [0.2, 0.25) is 0 Å². The molecule has 0 bridgehead atoms. The molecule has 98 valence electrons. The van der Waals surface area contributed by atoms with E-state index < -0.39 is 0 Å². The fraction of sp³-hybridized carbons (Fsp3) is 0.231.